The Morgan fingerprint density at radius 2 is 2.00 bits per heavy atom. The molecule has 0 spiro atoms. The second-order valence-electron chi connectivity index (χ2n) is 6.08. The molecule has 3 aromatic heterocycles. The van der Waals surface area contributed by atoms with Crippen LogP contribution in [0, 0.1) is 12.7 Å². The molecule has 4 aromatic rings. The number of carbonyl (C=O) groups is 1. The minimum atomic E-state index is -0.360. The zero-order valence-electron chi connectivity index (χ0n) is 14.9. The molecule has 0 unspecified atom stereocenters. The average Bonchev–Trinajstić information content (AvgIpc) is 3.12. The van der Waals surface area contributed by atoms with Crippen molar-refractivity contribution >= 4 is 23.2 Å². The van der Waals surface area contributed by atoms with E-state index in [1.54, 1.807) is 29.0 Å². The lowest BCUT2D eigenvalue weighted by atomic mass is 10.3. The van der Waals surface area contributed by atoms with Crippen LogP contribution in [0.15, 0.2) is 54.9 Å². The van der Waals surface area contributed by atoms with Crippen LogP contribution in [0.25, 0.3) is 17.2 Å². The third kappa shape index (κ3) is 3.78. The first kappa shape index (κ1) is 17.5. The topological polar surface area (TPSA) is 97.1 Å². The summed E-state index contributed by atoms with van der Waals surface area (Å²) in [4.78, 5) is 25.1. The third-order valence-corrected chi connectivity index (χ3v) is 3.92. The first-order chi connectivity index (χ1) is 13.6. The van der Waals surface area contributed by atoms with Crippen LogP contribution in [0.4, 0.5) is 15.9 Å². The van der Waals surface area contributed by atoms with Crippen LogP contribution in [-0.4, -0.2) is 37.0 Å². The van der Waals surface area contributed by atoms with Crippen molar-refractivity contribution in [3.8, 4) is 11.4 Å². The number of hydrogen-bond donors (Lipinski definition) is 2. The van der Waals surface area contributed by atoms with Gasteiger partial charge in [0.05, 0.1) is 6.54 Å². The Labute approximate surface area is 159 Å². The van der Waals surface area contributed by atoms with Gasteiger partial charge < -0.3 is 10.6 Å². The Morgan fingerprint density at radius 3 is 2.75 bits per heavy atom. The molecule has 0 radical (unpaired) electrons. The minimum Gasteiger partial charge on any atom is -0.361 e. The van der Waals surface area contributed by atoms with Crippen LogP contribution in [0.3, 0.4) is 0 Å². The Bertz CT molecular complexity index is 1130. The van der Waals surface area contributed by atoms with Gasteiger partial charge in [0.2, 0.25) is 5.91 Å². The summed E-state index contributed by atoms with van der Waals surface area (Å²) in [5.74, 6) is 0.855. The van der Waals surface area contributed by atoms with E-state index >= 15 is 0 Å². The number of nitrogens with one attached hydrogen (secondary N) is 2. The molecule has 0 aliphatic heterocycles. The van der Waals surface area contributed by atoms with E-state index in [1.807, 2.05) is 13.0 Å². The van der Waals surface area contributed by atoms with Crippen molar-refractivity contribution in [1.29, 1.82) is 0 Å². The van der Waals surface area contributed by atoms with Crippen molar-refractivity contribution in [2.75, 3.05) is 17.2 Å². The van der Waals surface area contributed by atoms with Gasteiger partial charge in [-0.15, -0.1) is 5.10 Å². The fourth-order valence-corrected chi connectivity index (χ4v) is 2.64. The summed E-state index contributed by atoms with van der Waals surface area (Å²) in [5, 5.41) is 10.2. The summed E-state index contributed by atoms with van der Waals surface area (Å²) in [6.45, 7) is 1.83. The average molecular weight is 377 g/mol. The second-order valence-corrected chi connectivity index (χ2v) is 6.08. The van der Waals surface area contributed by atoms with Gasteiger partial charge in [0, 0.05) is 35.4 Å². The van der Waals surface area contributed by atoms with Crippen LogP contribution in [-0.2, 0) is 4.79 Å². The van der Waals surface area contributed by atoms with Crippen molar-refractivity contribution in [2.45, 2.75) is 6.92 Å². The van der Waals surface area contributed by atoms with Crippen molar-refractivity contribution in [3.63, 3.8) is 0 Å². The summed E-state index contributed by atoms with van der Waals surface area (Å²) >= 11 is 0. The molecule has 1 aromatic carbocycles. The standard InChI is InChI=1S/C19H16FN7O/c1-12-9-16(22-11-17(28)24-15-6-4-14(20)5-7-15)27-19(23-12)25-18(26-27)13-3-2-8-21-10-13/h2-10,22H,11H2,1H3,(H,24,28). The molecule has 1 amide bonds. The van der Waals surface area contributed by atoms with Gasteiger partial charge in [-0.1, -0.05) is 0 Å². The highest BCUT2D eigenvalue weighted by molar-refractivity contribution is 5.93. The molecular weight excluding hydrogens is 361 g/mol. The van der Waals surface area contributed by atoms with Crippen LogP contribution in [0.2, 0.25) is 0 Å². The molecule has 3 heterocycles. The lowest BCUT2D eigenvalue weighted by Gasteiger charge is -2.09. The van der Waals surface area contributed by atoms with Crippen LogP contribution < -0.4 is 10.6 Å². The van der Waals surface area contributed by atoms with E-state index < -0.39 is 0 Å². The van der Waals surface area contributed by atoms with E-state index in [0.717, 1.165) is 11.3 Å². The summed E-state index contributed by atoms with van der Waals surface area (Å²) in [6.07, 6.45) is 3.35. The van der Waals surface area contributed by atoms with Gasteiger partial charge in [0.1, 0.15) is 11.6 Å². The largest absolute Gasteiger partial charge is 0.361 e. The zero-order valence-corrected chi connectivity index (χ0v) is 14.9. The molecule has 2 N–H and O–H groups in total. The maximum absolute atomic E-state index is 13.0. The van der Waals surface area contributed by atoms with Gasteiger partial charge in [-0.25, -0.2) is 9.37 Å². The smallest absolute Gasteiger partial charge is 0.254 e. The molecule has 0 bridgehead atoms. The Morgan fingerprint density at radius 1 is 1.18 bits per heavy atom. The van der Waals surface area contributed by atoms with Gasteiger partial charge in [0.15, 0.2) is 5.82 Å². The first-order valence-electron chi connectivity index (χ1n) is 8.52. The molecular formula is C19H16FN7O. The summed E-state index contributed by atoms with van der Waals surface area (Å²) in [7, 11) is 0. The third-order valence-electron chi connectivity index (χ3n) is 3.92. The van der Waals surface area contributed by atoms with Crippen molar-refractivity contribution in [3.05, 3.63) is 66.4 Å². The number of fused-ring (bicyclic) bond motifs is 1. The zero-order chi connectivity index (χ0) is 19.5. The van der Waals surface area contributed by atoms with Gasteiger partial charge >= 0.3 is 0 Å². The van der Waals surface area contributed by atoms with Crippen LogP contribution >= 0.6 is 0 Å². The van der Waals surface area contributed by atoms with Gasteiger partial charge in [-0.2, -0.15) is 9.50 Å². The van der Waals surface area contributed by atoms with Crippen LogP contribution in [0.5, 0.6) is 0 Å². The SMILES string of the molecule is Cc1cc(NCC(=O)Nc2ccc(F)cc2)n2nc(-c3cccnc3)nc2n1. The number of carbonyl (C=O) groups excluding carboxylic acids is 1. The van der Waals surface area contributed by atoms with Gasteiger partial charge in [-0.05, 0) is 43.3 Å². The van der Waals surface area contributed by atoms with Crippen molar-refractivity contribution in [2.24, 2.45) is 0 Å². The predicted molar refractivity (Wildman–Crippen MR) is 102 cm³/mol. The fraction of sp³-hybridized carbons (Fsp3) is 0.105. The lowest BCUT2D eigenvalue weighted by Crippen LogP contribution is -2.23. The summed E-state index contributed by atoms with van der Waals surface area (Å²) in [5.41, 5.74) is 2.02. The number of nitrogens with zero attached hydrogens (tertiary/aromatic N) is 5. The quantitative estimate of drug-likeness (QED) is 0.555. The first-order valence-corrected chi connectivity index (χ1v) is 8.52. The normalized spacial score (nSPS) is 10.8. The number of aryl methyl sites for hydroxylation is 1. The number of pyridine rings is 1. The predicted octanol–water partition coefficient (Wildman–Crippen LogP) is 2.68. The monoisotopic (exact) mass is 377 g/mol. The van der Waals surface area contributed by atoms with E-state index in [-0.39, 0.29) is 18.3 Å². The lowest BCUT2D eigenvalue weighted by molar-refractivity contribution is -0.114. The number of benzene rings is 1. The van der Waals surface area contributed by atoms with E-state index in [2.05, 4.69) is 30.7 Å². The maximum atomic E-state index is 13.0. The van der Waals surface area contributed by atoms with Gasteiger partial charge in [0.25, 0.3) is 5.78 Å². The molecule has 0 aliphatic carbocycles. The molecule has 0 atom stereocenters. The Kier molecular flexibility index (Phi) is 4.63. The molecule has 0 saturated heterocycles. The minimum absolute atomic E-state index is 0.00197. The number of amides is 1. The fourth-order valence-electron chi connectivity index (χ4n) is 2.64. The molecule has 9 heteroatoms. The second kappa shape index (κ2) is 7.39. The number of hydrogen-bond acceptors (Lipinski definition) is 6. The van der Waals surface area contributed by atoms with Crippen LogP contribution in [0.1, 0.15) is 5.69 Å². The summed E-state index contributed by atoms with van der Waals surface area (Å²) < 4.78 is 14.5. The summed E-state index contributed by atoms with van der Waals surface area (Å²) in [6, 6.07) is 11.0. The van der Waals surface area contributed by atoms with Crippen molar-refractivity contribution in [1.82, 2.24) is 24.6 Å². The molecule has 0 saturated carbocycles. The van der Waals surface area contributed by atoms with Crippen molar-refractivity contribution < 1.29 is 9.18 Å². The number of anilines is 2. The number of aromatic nitrogens is 5. The van der Waals surface area contributed by atoms with E-state index in [0.29, 0.717) is 23.1 Å². The molecule has 28 heavy (non-hydrogen) atoms. The Hall–Kier alpha value is -3.88. The van der Waals surface area contributed by atoms with E-state index in [9.17, 15) is 9.18 Å². The highest BCUT2D eigenvalue weighted by atomic mass is 19.1. The molecule has 140 valence electrons. The van der Waals surface area contributed by atoms with E-state index in [4.69, 9.17) is 0 Å². The molecule has 8 nitrogen and oxygen atoms in total. The molecule has 4 rings (SSSR count). The van der Waals surface area contributed by atoms with E-state index in [1.165, 1.54) is 24.3 Å². The molecule has 0 aliphatic rings. The molecule has 0 fully saturated rings. The van der Waals surface area contributed by atoms with Gasteiger partial charge in [-0.3, -0.25) is 9.78 Å². The maximum Gasteiger partial charge on any atom is 0.254 e. The number of halogens is 1. The number of rotatable bonds is 5. The highest BCUT2D eigenvalue weighted by Crippen LogP contribution is 2.17. The Balaban J connectivity index is 1.53. The highest BCUT2D eigenvalue weighted by Gasteiger charge is 2.12.